The molecule has 1 atom stereocenters. The van der Waals surface area contributed by atoms with Gasteiger partial charge in [-0.25, -0.2) is 4.39 Å². The van der Waals surface area contributed by atoms with Gasteiger partial charge in [-0.3, -0.25) is 0 Å². The molecule has 0 saturated heterocycles. The summed E-state index contributed by atoms with van der Waals surface area (Å²) < 4.78 is 17.5. The lowest BCUT2D eigenvalue weighted by atomic mass is 10.2. The molecule has 0 fully saturated rings. The van der Waals surface area contributed by atoms with Crippen LogP contribution in [0.25, 0.3) is 0 Å². The Hall–Kier alpha value is -0.500. The van der Waals surface area contributed by atoms with Gasteiger partial charge >= 0.3 is 0 Å². The summed E-state index contributed by atoms with van der Waals surface area (Å²) in [6.45, 7) is 1.77. The third kappa shape index (κ3) is 2.24. The molecule has 66 valence electrons. The lowest BCUT2D eigenvalue weighted by Crippen LogP contribution is -2.03. The Labute approximate surface area is 71.9 Å². The second kappa shape index (κ2) is 3.94. The molecule has 0 aliphatic rings. The summed E-state index contributed by atoms with van der Waals surface area (Å²) in [6.07, 6.45) is 0. The molecule has 1 aromatic rings. The molecule has 12 heavy (non-hydrogen) atoms. The van der Waals surface area contributed by atoms with E-state index in [1.807, 2.05) is 0 Å². The molecule has 0 aliphatic carbocycles. The third-order valence-corrected chi connectivity index (χ3v) is 2.47. The van der Waals surface area contributed by atoms with Crippen LogP contribution < -0.4 is 5.30 Å². The van der Waals surface area contributed by atoms with E-state index in [0.717, 1.165) is 5.56 Å². The van der Waals surface area contributed by atoms with E-state index in [9.17, 15) is 9.28 Å². The Bertz CT molecular complexity index is 258. The zero-order chi connectivity index (χ0) is 9.14. The summed E-state index contributed by atoms with van der Waals surface area (Å²) in [5.41, 5.74) is 0.781. The highest BCUT2D eigenvalue weighted by atomic mass is 31.2. The Morgan fingerprint density at radius 1 is 1.42 bits per heavy atom. The van der Waals surface area contributed by atoms with E-state index in [-0.39, 0.29) is 5.82 Å². The average molecular weight is 188 g/mol. The Kier molecular flexibility index (Phi) is 3.15. The molecule has 0 aromatic heterocycles. The third-order valence-electron chi connectivity index (χ3n) is 1.42. The monoisotopic (exact) mass is 188 g/mol. The summed E-state index contributed by atoms with van der Waals surface area (Å²) >= 11 is 0. The highest BCUT2D eigenvalue weighted by Crippen LogP contribution is 2.28. The van der Waals surface area contributed by atoms with E-state index in [1.54, 1.807) is 13.0 Å². The van der Waals surface area contributed by atoms with E-state index in [4.69, 9.17) is 4.52 Å². The second-order valence-corrected chi connectivity index (χ2v) is 3.87. The van der Waals surface area contributed by atoms with Crippen LogP contribution in [0.5, 0.6) is 0 Å². The van der Waals surface area contributed by atoms with Gasteiger partial charge in [-0.1, -0.05) is 0 Å². The van der Waals surface area contributed by atoms with Crippen molar-refractivity contribution in [1.82, 2.24) is 0 Å². The summed E-state index contributed by atoms with van der Waals surface area (Å²) in [5, 5.41) is 0.505. The fourth-order valence-corrected chi connectivity index (χ4v) is 1.69. The maximum absolute atomic E-state index is 12.8. The van der Waals surface area contributed by atoms with Crippen molar-refractivity contribution in [3.8, 4) is 0 Å². The molecule has 0 saturated carbocycles. The number of aryl methyl sites for hydroxylation is 1. The molecule has 0 bridgehead atoms. The minimum atomic E-state index is -1.65. The molecule has 0 aliphatic heterocycles. The molecule has 0 radical (unpaired) electrons. The Morgan fingerprint density at radius 2 is 2.08 bits per heavy atom. The van der Waals surface area contributed by atoms with Gasteiger partial charge in [-0.2, -0.15) is 0 Å². The van der Waals surface area contributed by atoms with Crippen molar-refractivity contribution in [3.05, 3.63) is 29.6 Å². The molecule has 1 N–H and O–H groups in total. The van der Waals surface area contributed by atoms with Crippen molar-refractivity contribution < 1.29 is 13.8 Å². The molecule has 2 nitrogen and oxygen atoms in total. The average Bonchev–Trinajstić information content (AvgIpc) is 2.01. The predicted molar refractivity (Wildman–Crippen MR) is 46.9 cm³/mol. The first kappa shape index (κ1) is 9.59. The summed E-state index contributed by atoms with van der Waals surface area (Å²) in [6, 6.07) is 4.39. The summed E-state index contributed by atoms with van der Waals surface area (Å²) in [7, 11) is -0.251. The molecule has 0 amide bonds. The summed E-state index contributed by atoms with van der Waals surface area (Å²) in [5.74, 6) is -0.344. The standard InChI is InChI=1S/C8H10FO2P/c1-6-3-7(9)5-8(4-6)12(10)11-2/h3-5,10H,1-2H3. The van der Waals surface area contributed by atoms with Crippen LogP contribution in [-0.2, 0) is 4.52 Å². The smallest absolute Gasteiger partial charge is 0.202 e. The van der Waals surface area contributed by atoms with Gasteiger partial charge in [0.25, 0.3) is 0 Å². The van der Waals surface area contributed by atoms with Crippen LogP contribution in [0.1, 0.15) is 5.56 Å². The first-order chi connectivity index (χ1) is 5.63. The van der Waals surface area contributed by atoms with Crippen molar-refractivity contribution in [2.24, 2.45) is 0 Å². The minimum Gasteiger partial charge on any atom is -0.346 e. The highest BCUT2D eigenvalue weighted by molar-refractivity contribution is 7.54. The van der Waals surface area contributed by atoms with Crippen LogP contribution in [0.2, 0.25) is 0 Å². The van der Waals surface area contributed by atoms with E-state index in [0.29, 0.717) is 5.30 Å². The second-order valence-electron chi connectivity index (χ2n) is 2.44. The minimum absolute atomic E-state index is 0.344. The molecular formula is C8H10FO2P. The molecule has 0 heterocycles. The lowest BCUT2D eigenvalue weighted by Gasteiger charge is -2.07. The maximum atomic E-state index is 12.8. The topological polar surface area (TPSA) is 29.5 Å². The summed E-state index contributed by atoms with van der Waals surface area (Å²) in [4.78, 5) is 9.25. The van der Waals surface area contributed by atoms with Gasteiger partial charge in [-0.05, 0) is 30.7 Å². The van der Waals surface area contributed by atoms with Gasteiger partial charge in [0.15, 0.2) is 0 Å². The van der Waals surface area contributed by atoms with Gasteiger partial charge in [0.05, 0.1) is 0 Å². The van der Waals surface area contributed by atoms with Crippen LogP contribution >= 0.6 is 8.38 Å². The lowest BCUT2D eigenvalue weighted by molar-refractivity contribution is 0.400. The molecular weight excluding hydrogens is 178 g/mol. The number of benzene rings is 1. The zero-order valence-corrected chi connectivity index (χ0v) is 7.81. The van der Waals surface area contributed by atoms with Crippen molar-refractivity contribution in [2.75, 3.05) is 7.11 Å². The largest absolute Gasteiger partial charge is 0.346 e. The van der Waals surface area contributed by atoms with Crippen LogP contribution in [-0.4, -0.2) is 12.0 Å². The number of hydrogen-bond acceptors (Lipinski definition) is 2. The first-order valence-electron chi connectivity index (χ1n) is 3.44. The van der Waals surface area contributed by atoms with Crippen LogP contribution in [0.4, 0.5) is 4.39 Å². The van der Waals surface area contributed by atoms with E-state index in [1.165, 1.54) is 19.2 Å². The van der Waals surface area contributed by atoms with E-state index < -0.39 is 8.38 Å². The molecule has 4 heteroatoms. The molecule has 1 rings (SSSR count). The zero-order valence-electron chi connectivity index (χ0n) is 6.91. The normalized spacial score (nSPS) is 13.0. The fourth-order valence-electron chi connectivity index (χ4n) is 0.933. The van der Waals surface area contributed by atoms with Gasteiger partial charge < -0.3 is 9.42 Å². The molecule has 1 aromatic carbocycles. The van der Waals surface area contributed by atoms with Gasteiger partial charge in [0.1, 0.15) is 5.82 Å². The van der Waals surface area contributed by atoms with Crippen LogP contribution in [0.15, 0.2) is 18.2 Å². The molecule has 1 unspecified atom stereocenters. The van der Waals surface area contributed by atoms with Gasteiger partial charge in [-0.15, -0.1) is 0 Å². The first-order valence-corrected chi connectivity index (χ1v) is 4.65. The highest BCUT2D eigenvalue weighted by Gasteiger charge is 2.08. The van der Waals surface area contributed by atoms with Crippen molar-refractivity contribution >= 4 is 13.7 Å². The molecule has 0 spiro atoms. The van der Waals surface area contributed by atoms with Gasteiger partial charge in [0.2, 0.25) is 8.38 Å². The van der Waals surface area contributed by atoms with Gasteiger partial charge in [0, 0.05) is 12.4 Å². The number of rotatable bonds is 2. The fraction of sp³-hybridized carbons (Fsp3) is 0.250. The quantitative estimate of drug-likeness (QED) is 0.716. The van der Waals surface area contributed by atoms with Crippen molar-refractivity contribution in [2.45, 2.75) is 6.92 Å². The van der Waals surface area contributed by atoms with Crippen molar-refractivity contribution in [3.63, 3.8) is 0 Å². The number of hydrogen-bond donors (Lipinski definition) is 1. The van der Waals surface area contributed by atoms with Crippen molar-refractivity contribution in [1.29, 1.82) is 0 Å². The Morgan fingerprint density at radius 3 is 2.58 bits per heavy atom. The SMILES string of the molecule is COP(O)c1cc(C)cc(F)c1. The Balaban J connectivity index is 3.00. The van der Waals surface area contributed by atoms with E-state index in [2.05, 4.69) is 0 Å². The maximum Gasteiger partial charge on any atom is 0.202 e. The predicted octanol–water partition coefficient (Wildman–Crippen LogP) is 1.71. The van der Waals surface area contributed by atoms with E-state index >= 15 is 0 Å². The number of halogens is 1. The van der Waals surface area contributed by atoms with Crippen LogP contribution in [0.3, 0.4) is 0 Å². The van der Waals surface area contributed by atoms with Crippen LogP contribution in [0, 0.1) is 12.7 Å².